The van der Waals surface area contributed by atoms with Crippen LogP contribution in [0.15, 0.2) is 47.8 Å². The van der Waals surface area contributed by atoms with E-state index in [4.69, 9.17) is 11.5 Å². The Morgan fingerprint density at radius 3 is 2.71 bits per heavy atom. The molecule has 0 aliphatic heterocycles. The Kier molecular flexibility index (Phi) is 3.49. The van der Waals surface area contributed by atoms with Gasteiger partial charge in [0.05, 0.1) is 5.39 Å². The summed E-state index contributed by atoms with van der Waals surface area (Å²) in [6.07, 6.45) is 3.25. The average molecular weight is 299 g/mol. The van der Waals surface area contributed by atoms with Crippen molar-refractivity contribution in [3.63, 3.8) is 0 Å². The number of nitrogens with two attached hydrogens (primary N) is 2. The predicted octanol–water partition coefficient (Wildman–Crippen LogP) is 2.23. The number of hydrogen-bond acceptors (Lipinski definition) is 5. The SMILES string of the molecule is NC(=O)Sc1cn(Cc2ccccc2)c2ncnc(N)c12. The molecule has 0 radical (unpaired) electrons. The number of fused-ring (bicyclic) bond motifs is 1. The molecule has 0 unspecified atom stereocenters. The zero-order chi connectivity index (χ0) is 14.8. The highest BCUT2D eigenvalue weighted by molar-refractivity contribution is 8.13. The zero-order valence-corrected chi connectivity index (χ0v) is 11.9. The van der Waals surface area contributed by atoms with Gasteiger partial charge in [0.15, 0.2) is 0 Å². The van der Waals surface area contributed by atoms with Crippen LogP contribution >= 0.6 is 11.8 Å². The first-order valence-corrected chi connectivity index (χ1v) is 7.07. The lowest BCUT2D eigenvalue weighted by Gasteiger charge is -2.04. The zero-order valence-electron chi connectivity index (χ0n) is 11.1. The second-order valence-electron chi connectivity index (χ2n) is 4.49. The van der Waals surface area contributed by atoms with E-state index < -0.39 is 5.24 Å². The lowest BCUT2D eigenvalue weighted by molar-refractivity contribution is 0.267. The van der Waals surface area contributed by atoms with E-state index in [1.807, 2.05) is 41.1 Å². The van der Waals surface area contributed by atoms with Crippen LogP contribution in [-0.4, -0.2) is 19.8 Å². The third-order valence-corrected chi connectivity index (χ3v) is 3.79. The summed E-state index contributed by atoms with van der Waals surface area (Å²) in [7, 11) is 0. The maximum atomic E-state index is 11.2. The van der Waals surface area contributed by atoms with E-state index in [2.05, 4.69) is 9.97 Å². The fourth-order valence-corrected chi connectivity index (χ4v) is 2.89. The lowest BCUT2D eigenvalue weighted by Crippen LogP contribution is -2.01. The number of benzene rings is 1. The number of aromatic nitrogens is 3. The van der Waals surface area contributed by atoms with Crippen molar-refractivity contribution in [2.45, 2.75) is 11.4 Å². The molecule has 1 aromatic carbocycles. The van der Waals surface area contributed by atoms with E-state index in [-0.39, 0.29) is 0 Å². The summed E-state index contributed by atoms with van der Waals surface area (Å²) >= 11 is 0.932. The minimum absolute atomic E-state index is 0.343. The third kappa shape index (κ3) is 2.68. The largest absolute Gasteiger partial charge is 0.383 e. The summed E-state index contributed by atoms with van der Waals surface area (Å²) in [6.45, 7) is 0.632. The number of anilines is 1. The molecule has 0 saturated carbocycles. The van der Waals surface area contributed by atoms with E-state index in [1.165, 1.54) is 6.33 Å². The average Bonchev–Trinajstić information content (AvgIpc) is 2.78. The normalized spacial score (nSPS) is 10.9. The Labute approximate surface area is 125 Å². The first kappa shape index (κ1) is 13.4. The van der Waals surface area contributed by atoms with Gasteiger partial charge in [0.1, 0.15) is 17.8 Å². The van der Waals surface area contributed by atoms with Crippen LogP contribution in [0.25, 0.3) is 11.0 Å². The minimum atomic E-state index is -0.489. The highest BCUT2D eigenvalue weighted by Gasteiger charge is 2.15. The summed E-state index contributed by atoms with van der Waals surface area (Å²) in [5, 5.41) is 0.175. The monoisotopic (exact) mass is 299 g/mol. The smallest absolute Gasteiger partial charge is 0.281 e. The number of nitrogen functional groups attached to an aromatic ring is 1. The Morgan fingerprint density at radius 2 is 2.00 bits per heavy atom. The highest BCUT2D eigenvalue weighted by Crippen LogP contribution is 2.32. The van der Waals surface area contributed by atoms with Gasteiger partial charge in [-0.2, -0.15) is 0 Å². The van der Waals surface area contributed by atoms with Gasteiger partial charge in [-0.1, -0.05) is 30.3 Å². The molecule has 7 heteroatoms. The molecule has 0 aliphatic carbocycles. The molecule has 0 atom stereocenters. The van der Waals surface area contributed by atoms with Crippen LogP contribution in [0.1, 0.15) is 5.56 Å². The molecule has 0 saturated heterocycles. The van der Waals surface area contributed by atoms with Crippen molar-refractivity contribution >= 4 is 33.9 Å². The Hall–Kier alpha value is -2.54. The molecule has 0 fully saturated rings. The Morgan fingerprint density at radius 1 is 1.24 bits per heavy atom. The highest BCUT2D eigenvalue weighted by atomic mass is 32.2. The van der Waals surface area contributed by atoms with Gasteiger partial charge >= 0.3 is 0 Å². The van der Waals surface area contributed by atoms with E-state index in [9.17, 15) is 4.79 Å². The minimum Gasteiger partial charge on any atom is -0.383 e. The molecule has 6 nitrogen and oxygen atoms in total. The van der Waals surface area contributed by atoms with Crippen molar-refractivity contribution < 1.29 is 4.79 Å². The number of rotatable bonds is 3. The fourth-order valence-electron chi connectivity index (χ4n) is 2.20. The second-order valence-corrected chi connectivity index (χ2v) is 5.53. The quantitative estimate of drug-likeness (QED) is 0.722. The van der Waals surface area contributed by atoms with Crippen molar-refractivity contribution in [3.05, 3.63) is 48.4 Å². The molecular formula is C14H13N5OS. The number of primary amides is 1. The molecule has 2 aromatic heterocycles. The van der Waals surface area contributed by atoms with Gasteiger partial charge in [-0.3, -0.25) is 4.79 Å². The van der Waals surface area contributed by atoms with Crippen molar-refractivity contribution in [2.75, 3.05) is 5.73 Å². The summed E-state index contributed by atoms with van der Waals surface area (Å²) in [6, 6.07) is 9.97. The lowest BCUT2D eigenvalue weighted by atomic mass is 10.2. The topological polar surface area (TPSA) is 99.8 Å². The number of hydrogen-bond donors (Lipinski definition) is 2. The van der Waals surface area contributed by atoms with Crippen LogP contribution in [0.2, 0.25) is 0 Å². The summed E-state index contributed by atoms with van der Waals surface area (Å²) in [4.78, 5) is 20.1. The van der Waals surface area contributed by atoms with Gasteiger partial charge < -0.3 is 16.0 Å². The van der Waals surface area contributed by atoms with Gasteiger partial charge in [0.25, 0.3) is 5.24 Å². The maximum absolute atomic E-state index is 11.2. The number of thioether (sulfide) groups is 1. The summed E-state index contributed by atoms with van der Waals surface area (Å²) < 4.78 is 1.94. The first-order valence-electron chi connectivity index (χ1n) is 6.25. The predicted molar refractivity (Wildman–Crippen MR) is 82.9 cm³/mol. The molecule has 3 aromatic rings. The molecule has 4 N–H and O–H groups in total. The van der Waals surface area contributed by atoms with E-state index in [1.54, 1.807) is 0 Å². The fraction of sp³-hybridized carbons (Fsp3) is 0.0714. The van der Waals surface area contributed by atoms with Gasteiger partial charge in [0.2, 0.25) is 0 Å². The first-order chi connectivity index (χ1) is 10.1. The molecule has 3 rings (SSSR count). The summed E-state index contributed by atoms with van der Waals surface area (Å²) in [5.41, 5.74) is 13.0. The van der Waals surface area contributed by atoms with Gasteiger partial charge in [-0.25, -0.2) is 9.97 Å². The molecule has 0 aliphatic rings. The van der Waals surface area contributed by atoms with Crippen LogP contribution in [-0.2, 0) is 6.54 Å². The molecule has 21 heavy (non-hydrogen) atoms. The van der Waals surface area contributed by atoms with E-state index in [0.29, 0.717) is 28.3 Å². The number of carbonyl (C=O) groups is 1. The van der Waals surface area contributed by atoms with Gasteiger partial charge in [-0.05, 0) is 17.3 Å². The number of amides is 1. The maximum Gasteiger partial charge on any atom is 0.281 e. The van der Waals surface area contributed by atoms with Crippen molar-refractivity contribution in [3.8, 4) is 0 Å². The summed E-state index contributed by atoms with van der Waals surface area (Å²) in [5.74, 6) is 0.343. The van der Waals surface area contributed by atoms with Gasteiger partial charge in [-0.15, -0.1) is 0 Å². The van der Waals surface area contributed by atoms with Crippen LogP contribution in [0.5, 0.6) is 0 Å². The Bertz CT molecular complexity index is 800. The molecule has 0 spiro atoms. The van der Waals surface area contributed by atoms with Crippen molar-refractivity contribution in [1.82, 2.24) is 14.5 Å². The molecule has 2 heterocycles. The number of nitrogens with zero attached hydrogens (tertiary/aromatic N) is 3. The van der Waals surface area contributed by atoms with Crippen molar-refractivity contribution in [2.24, 2.45) is 5.73 Å². The van der Waals surface area contributed by atoms with Crippen LogP contribution in [0, 0.1) is 0 Å². The van der Waals surface area contributed by atoms with Crippen LogP contribution in [0.4, 0.5) is 10.6 Å². The van der Waals surface area contributed by atoms with Crippen molar-refractivity contribution in [1.29, 1.82) is 0 Å². The van der Waals surface area contributed by atoms with E-state index in [0.717, 1.165) is 17.3 Å². The standard InChI is InChI=1S/C14H13N5OS/c15-12-11-10(21-14(16)20)7-19(13(11)18-8-17-12)6-9-4-2-1-3-5-9/h1-5,7-8H,6H2,(H2,16,20)(H2,15,17,18). The van der Waals surface area contributed by atoms with E-state index >= 15 is 0 Å². The molecule has 1 amide bonds. The third-order valence-electron chi connectivity index (χ3n) is 3.05. The molecule has 0 bridgehead atoms. The van der Waals surface area contributed by atoms with Crippen LogP contribution < -0.4 is 11.5 Å². The van der Waals surface area contributed by atoms with Gasteiger partial charge in [0, 0.05) is 17.6 Å². The van der Waals surface area contributed by atoms with Crippen LogP contribution in [0.3, 0.4) is 0 Å². The second kappa shape index (κ2) is 5.45. The molecule has 106 valence electrons. The Balaban J connectivity index is 2.10. The molecular weight excluding hydrogens is 286 g/mol. The number of carbonyl (C=O) groups excluding carboxylic acids is 1.